The molecule has 0 saturated heterocycles. The van der Waals surface area contributed by atoms with Crippen molar-refractivity contribution in [3.8, 4) is 11.3 Å². The molecule has 1 aliphatic carbocycles. The molecule has 1 aromatic heterocycles. The highest BCUT2D eigenvalue weighted by Crippen LogP contribution is 2.28. The lowest BCUT2D eigenvalue weighted by Crippen LogP contribution is -2.42. The number of aromatic nitrogens is 1. The van der Waals surface area contributed by atoms with Crippen LogP contribution in [0.25, 0.3) is 11.3 Å². The van der Waals surface area contributed by atoms with E-state index in [1.807, 2.05) is 26.0 Å². The number of benzene rings is 1. The Labute approximate surface area is 152 Å². The van der Waals surface area contributed by atoms with E-state index in [0.29, 0.717) is 12.1 Å². The van der Waals surface area contributed by atoms with Crippen LogP contribution in [0.1, 0.15) is 43.5 Å². The van der Waals surface area contributed by atoms with Gasteiger partial charge >= 0.3 is 0 Å². The zero-order valence-corrected chi connectivity index (χ0v) is 15.0. The molecule has 136 valence electrons. The van der Waals surface area contributed by atoms with Gasteiger partial charge in [0, 0.05) is 35.4 Å². The number of nitrogens with zero attached hydrogens (tertiary/aromatic N) is 1. The van der Waals surface area contributed by atoms with Crippen molar-refractivity contribution in [2.75, 3.05) is 6.54 Å². The first-order valence-electron chi connectivity index (χ1n) is 8.83. The van der Waals surface area contributed by atoms with E-state index in [2.05, 4.69) is 15.8 Å². The fourth-order valence-electron chi connectivity index (χ4n) is 2.77. The average Bonchev–Trinajstić information content (AvgIpc) is 3.13. The lowest BCUT2D eigenvalue weighted by atomic mass is 9.88. The molecule has 2 amide bonds. The van der Waals surface area contributed by atoms with Gasteiger partial charge in [0.2, 0.25) is 5.91 Å². The first-order chi connectivity index (χ1) is 12.5. The van der Waals surface area contributed by atoms with Crippen LogP contribution in [-0.4, -0.2) is 29.6 Å². The minimum absolute atomic E-state index is 0.0431. The Bertz CT molecular complexity index is 801. The van der Waals surface area contributed by atoms with Crippen molar-refractivity contribution >= 4 is 11.8 Å². The van der Waals surface area contributed by atoms with E-state index in [1.165, 1.54) is 18.3 Å². The maximum atomic E-state index is 12.3. The predicted molar refractivity (Wildman–Crippen MR) is 98.4 cm³/mol. The van der Waals surface area contributed by atoms with Crippen LogP contribution in [0.3, 0.4) is 0 Å². The molecule has 6 nitrogen and oxygen atoms in total. The van der Waals surface area contributed by atoms with E-state index in [-0.39, 0.29) is 17.9 Å². The second-order valence-corrected chi connectivity index (χ2v) is 6.63. The Morgan fingerprint density at radius 1 is 1.19 bits per heavy atom. The second kappa shape index (κ2) is 7.99. The van der Waals surface area contributed by atoms with Crippen molar-refractivity contribution in [2.45, 2.75) is 39.2 Å². The third-order valence-corrected chi connectivity index (χ3v) is 4.66. The maximum absolute atomic E-state index is 12.3. The normalized spacial score (nSPS) is 14.3. The lowest BCUT2D eigenvalue weighted by molar-refractivity contribution is -0.118. The molecule has 2 aromatic rings. The summed E-state index contributed by atoms with van der Waals surface area (Å²) < 4.78 is 4.82. The monoisotopic (exact) mass is 353 g/mol. The topological polar surface area (TPSA) is 84.2 Å². The Morgan fingerprint density at radius 3 is 2.50 bits per heavy atom. The summed E-state index contributed by atoms with van der Waals surface area (Å²) in [7, 11) is 0. The first-order valence-corrected chi connectivity index (χ1v) is 8.83. The summed E-state index contributed by atoms with van der Waals surface area (Å²) in [6.07, 6.45) is 4.72. The highest BCUT2D eigenvalue weighted by atomic mass is 16.5. The molecule has 0 bridgehead atoms. The van der Waals surface area contributed by atoms with Gasteiger partial charge in [-0.05, 0) is 45.2 Å². The van der Waals surface area contributed by atoms with Crippen molar-refractivity contribution < 1.29 is 14.1 Å². The molecule has 6 heteroatoms. The van der Waals surface area contributed by atoms with Crippen LogP contribution in [0.4, 0.5) is 0 Å². The van der Waals surface area contributed by atoms with Crippen LogP contribution in [-0.2, 0) is 4.79 Å². The molecule has 1 atom stereocenters. The number of hydrogen-bond donors (Lipinski definition) is 2. The largest absolute Gasteiger partial charge is 0.364 e. The van der Waals surface area contributed by atoms with Crippen LogP contribution in [0.2, 0.25) is 0 Å². The summed E-state index contributed by atoms with van der Waals surface area (Å²) in [4.78, 5) is 24.4. The van der Waals surface area contributed by atoms with Gasteiger partial charge in [-0.3, -0.25) is 9.59 Å². The van der Waals surface area contributed by atoms with E-state index < -0.39 is 0 Å². The predicted octanol–water partition coefficient (Wildman–Crippen LogP) is 3.08. The highest BCUT2D eigenvalue weighted by Gasteiger charge is 2.18. The highest BCUT2D eigenvalue weighted by molar-refractivity contribution is 5.95. The molecule has 1 aromatic carbocycles. The van der Waals surface area contributed by atoms with Crippen LogP contribution in [0.5, 0.6) is 0 Å². The lowest BCUT2D eigenvalue weighted by Gasteiger charge is -2.21. The third kappa shape index (κ3) is 4.20. The van der Waals surface area contributed by atoms with Gasteiger partial charge < -0.3 is 15.2 Å². The summed E-state index contributed by atoms with van der Waals surface area (Å²) in [6, 6.07) is 8.76. The Kier molecular flexibility index (Phi) is 5.51. The zero-order valence-electron chi connectivity index (χ0n) is 15.0. The minimum Gasteiger partial charge on any atom is -0.364 e. The quantitative estimate of drug-likeness (QED) is 0.782. The van der Waals surface area contributed by atoms with Gasteiger partial charge in [0.1, 0.15) is 12.0 Å². The van der Waals surface area contributed by atoms with E-state index in [4.69, 9.17) is 4.52 Å². The van der Waals surface area contributed by atoms with Crippen molar-refractivity contribution in [1.29, 1.82) is 0 Å². The SMILES string of the molecule is CC(C(=O)N[C@@H](C)CNC(=O)c1ccc(-c2ccon2)cc1)=C1CCC1. The molecule has 1 aliphatic rings. The summed E-state index contributed by atoms with van der Waals surface area (Å²) >= 11 is 0. The van der Waals surface area contributed by atoms with Gasteiger partial charge in [-0.2, -0.15) is 0 Å². The average molecular weight is 353 g/mol. The Balaban J connectivity index is 1.49. The Morgan fingerprint density at radius 2 is 1.92 bits per heavy atom. The van der Waals surface area contributed by atoms with Crippen LogP contribution < -0.4 is 10.6 Å². The van der Waals surface area contributed by atoms with Crippen molar-refractivity contribution in [3.05, 3.63) is 53.3 Å². The maximum Gasteiger partial charge on any atom is 0.251 e. The molecular formula is C20H23N3O3. The zero-order chi connectivity index (χ0) is 18.5. The fraction of sp³-hybridized carbons (Fsp3) is 0.350. The van der Waals surface area contributed by atoms with E-state index in [1.54, 1.807) is 18.2 Å². The molecule has 26 heavy (non-hydrogen) atoms. The minimum atomic E-state index is -0.174. The number of carbonyl (C=O) groups is 2. The summed E-state index contributed by atoms with van der Waals surface area (Å²) in [5.41, 5.74) is 4.23. The summed E-state index contributed by atoms with van der Waals surface area (Å²) in [5, 5.41) is 9.65. The van der Waals surface area contributed by atoms with Gasteiger partial charge in [-0.25, -0.2) is 0 Å². The smallest absolute Gasteiger partial charge is 0.251 e. The van der Waals surface area contributed by atoms with Crippen LogP contribution in [0, 0.1) is 0 Å². The number of rotatable bonds is 6. The molecule has 0 radical (unpaired) electrons. The third-order valence-electron chi connectivity index (χ3n) is 4.66. The molecule has 3 rings (SSSR count). The van der Waals surface area contributed by atoms with Crippen molar-refractivity contribution in [1.82, 2.24) is 15.8 Å². The standard InChI is InChI=1S/C20H23N3O3/c1-13(22-19(24)14(2)15-4-3-5-15)12-21-20(25)17-8-6-16(7-9-17)18-10-11-26-23-18/h6-11,13H,3-5,12H2,1-2H3,(H,21,25)(H,22,24)/t13-/m0/s1. The van der Waals surface area contributed by atoms with Gasteiger partial charge in [0.05, 0.1) is 0 Å². The number of hydrogen-bond acceptors (Lipinski definition) is 4. The van der Waals surface area contributed by atoms with Gasteiger partial charge in [0.25, 0.3) is 5.91 Å². The number of nitrogens with one attached hydrogen (secondary N) is 2. The number of carbonyl (C=O) groups excluding carboxylic acids is 2. The molecular weight excluding hydrogens is 330 g/mol. The molecule has 2 N–H and O–H groups in total. The Hall–Kier alpha value is -2.89. The number of allylic oxidation sites excluding steroid dienone is 1. The second-order valence-electron chi connectivity index (χ2n) is 6.63. The molecule has 1 heterocycles. The molecule has 1 saturated carbocycles. The van der Waals surface area contributed by atoms with Gasteiger partial charge in [0.15, 0.2) is 0 Å². The molecule has 0 spiro atoms. The van der Waals surface area contributed by atoms with Gasteiger partial charge in [-0.1, -0.05) is 22.9 Å². The molecule has 1 fully saturated rings. The fourth-order valence-corrected chi connectivity index (χ4v) is 2.77. The van der Waals surface area contributed by atoms with Crippen LogP contribution in [0.15, 0.2) is 52.3 Å². The van der Waals surface area contributed by atoms with Gasteiger partial charge in [-0.15, -0.1) is 0 Å². The van der Waals surface area contributed by atoms with Crippen molar-refractivity contribution in [2.24, 2.45) is 0 Å². The molecule has 0 unspecified atom stereocenters. The van der Waals surface area contributed by atoms with E-state index in [0.717, 1.165) is 29.7 Å². The van der Waals surface area contributed by atoms with Crippen molar-refractivity contribution in [3.63, 3.8) is 0 Å². The summed E-state index contributed by atoms with van der Waals surface area (Å²) in [5.74, 6) is -0.217. The molecule has 0 aliphatic heterocycles. The van der Waals surface area contributed by atoms with E-state index >= 15 is 0 Å². The van der Waals surface area contributed by atoms with Crippen LogP contribution >= 0.6 is 0 Å². The van der Waals surface area contributed by atoms with E-state index in [9.17, 15) is 9.59 Å². The number of amides is 2. The summed E-state index contributed by atoms with van der Waals surface area (Å²) in [6.45, 7) is 4.12. The first kappa shape index (κ1) is 17.9.